The third-order valence-electron chi connectivity index (χ3n) is 4.18. The Hall–Kier alpha value is -2.47. The Balaban J connectivity index is 2.12. The van der Waals surface area contributed by atoms with Crippen LogP contribution in [0.25, 0.3) is 17.0 Å². The van der Waals surface area contributed by atoms with Crippen molar-refractivity contribution in [1.29, 1.82) is 0 Å². The molecule has 0 saturated heterocycles. The number of nitrogens with zero attached hydrogens (tertiary/aromatic N) is 3. The molecule has 0 saturated carbocycles. The first-order valence-corrected chi connectivity index (χ1v) is 9.27. The molecule has 3 aromatic rings. The number of hydrogen-bond donors (Lipinski definition) is 0. The number of allylic oxidation sites excluding steroid dienone is 1. The quantitative estimate of drug-likeness (QED) is 0.539. The predicted octanol–water partition coefficient (Wildman–Crippen LogP) is 5.20. The highest BCUT2D eigenvalue weighted by molar-refractivity contribution is 9.10. The minimum atomic E-state index is -0.173. The molecule has 1 aromatic carbocycles. The molecular formula is C20H20BrN3O2. The second-order valence-corrected chi connectivity index (χ2v) is 7.12. The molecule has 2 aromatic heterocycles. The van der Waals surface area contributed by atoms with Crippen LogP contribution in [0.15, 0.2) is 61.0 Å². The van der Waals surface area contributed by atoms with E-state index in [1.165, 1.54) is 4.68 Å². The molecule has 0 radical (unpaired) electrons. The Morgan fingerprint density at radius 1 is 1.42 bits per heavy atom. The van der Waals surface area contributed by atoms with Crippen molar-refractivity contribution < 1.29 is 4.42 Å². The average molecular weight is 414 g/mol. The van der Waals surface area contributed by atoms with E-state index in [0.29, 0.717) is 16.7 Å². The number of fused-ring (bicyclic) bond motifs is 1. The Bertz CT molecular complexity index is 1030. The second kappa shape index (κ2) is 7.83. The minimum absolute atomic E-state index is 0.113. The average Bonchev–Trinajstić information content (AvgIpc) is 3.13. The molecule has 26 heavy (non-hydrogen) atoms. The van der Waals surface area contributed by atoms with Gasteiger partial charge in [-0.25, -0.2) is 4.98 Å². The molecule has 0 bridgehead atoms. The Kier molecular flexibility index (Phi) is 5.52. The zero-order chi connectivity index (χ0) is 18.7. The Labute approximate surface area is 160 Å². The Morgan fingerprint density at radius 2 is 2.23 bits per heavy atom. The van der Waals surface area contributed by atoms with Crippen molar-refractivity contribution in [3.05, 3.63) is 68.6 Å². The minimum Gasteiger partial charge on any atom is -0.465 e. The monoisotopic (exact) mass is 413 g/mol. The fourth-order valence-electron chi connectivity index (χ4n) is 2.56. The first-order chi connectivity index (χ1) is 12.5. The third-order valence-corrected chi connectivity index (χ3v) is 4.67. The van der Waals surface area contributed by atoms with E-state index in [1.54, 1.807) is 18.5 Å². The summed E-state index contributed by atoms with van der Waals surface area (Å²) in [6.07, 6.45) is 6.00. The van der Waals surface area contributed by atoms with Crippen LogP contribution in [-0.2, 0) is 0 Å². The first-order valence-electron chi connectivity index (χ1n) is 8.48. The summed E-state index contributed by atoms with van der Waals surface area (Å²) in [5, 5.41) is 4.96. The zero-order valence-electron chi connectivity index (χ0n) is 14.9. The summed E-state index contributed by atoms with van der Waals surface area (Å²) in [5.41, 5.74) is 1.38. The van der Waals surface area contributed by atoms with Crippen LogP contribution in [0.2, 0.25) is 0 Å². The van der Waals surface area contributed by atoms with Crippen molar-refractivity contribution in [2.75, 3.05) is 0 Å². The normalized spacial score (nSPS) is 13.6. The van der Waals surface area contributed by atoms with Gasteiger partial charge >= 0.3 is 0 Å². The van der Waals surface area contributed by atoms with E-state index in [2.05, 4.69) is 28.0 Å². The molecule has 0 aliphatic rings. The van der Waals surface area contributed by atoms with Crippen LogP contribution < -0.4 is 5.56 Å². The topological polar surface area (TPSA) is 60.4 Å². The van der Waals surface area contributed by atoms with Gasteiger partial charge < -0.3 is 4.42 Å². The van der Waals surface area contributed by atoms with Gasteiger partial charge in [0.1, 0.15) is 11.6 Å². The SMILES string of the molecule is CC[C@H](C)c1nc2ccc(Br)cc2c(=O)n1N=C/C(C)=C/c1ccco1. The van der Waals surface area contributed by atoms with Crippen molar-refractivity contribution in [2.45, 2.75) is 33.1 Å². The lowest BCUT2D eigenvalue weighted by Crippen LogP contribution is -2.23. The van der Waals surface area contributed by atoms with Gasteiger partial charge in [0.2, 0.25) is 0 Å². The number of hydrogen-bond acceptors (Lipinski definition) is 4. The fourth-order valence-corrected chi connectivity index (χ4v) is 2.92. The van der Waals surface area contributed by atoms with E-state index in [4.69, 9.17) is 9.40 Å². The van der Waals surface area contributed by atoms with Crippen molar-refractivity contribution in [1.82, 2.24) is 9.66 Å². The van der Waals surface area contributed by atoms with Crippen molar-refractivity contribution in [3.8, 4) is 0 Å². The van der Waals surface area contributed by atoms with Crippen molar-refractivity contribution >= 4 is 39.1 Å². The number of aromatic nitrogens is 2. The molecule has 0 fully saturated rings. The number of furan rings is 1. The molecule has 2 heterocycles. The zero-order valence-corrected chi connectivity index (χ0v) is 16.5. The molecular weight excluding hydrogens is 394 g/mol. The molecule has 0 spiro atoms. The number of benzene rings is 1. The fraction of sp³-hybridized carbons (Fsp3) is 0.250. The van der Waals surface area contributed by atoms with Crippen LogP contribution in [-0.4, -0.2) is 15.9 Å². The molecule has 0 amide bonds. The highest BCUT2D eigenvalue weighted by Gasteiger charge is 2.15. The van der Waals surface area contributed by atoms with Gasteiger partial charge in [0.05, 0.1) is 23.4 Å². The summed E-state index contributed by atoms with van der Waals surface area (Å²) in [4.78, 5) is 17.7. The molecule has 1 atom stereocenters. The first kappa shape index (κ1) is 18.3. The smallest absolute Gasteiger partial charge is 0.282 e. The van der Waals surface area contributed by atoms with Gasteiger partial charge in [-0.2, -0.15) is 9.78 Å². The third kappa shape index (κ3) is 3.85. The second-order valence-electron chi connectivity index (χ2n) is 6.21. The van der Waals surface area contributed by atoms with Crippen LogP contribution in [0.1, 0.15) is 44.7 Å². The molecule has 3 rings (SSSR count). The maximum absolute atomic E-state index is 13.0. The standard InChI is InChI=1S/C20H20BrN3O2/c1-4-14(3)19-23-18-8-7-15(21)11-17(18)20(25)24(19)22-12-13(2)10-16-6-5-9-26-16/h5-12,14H,4H2,1-3H3/b13-10+,22-12?/t14-/m0/s1. The molecule has 134 valence electrons. The van der Waals surface area contributed by atoms with Crippen LogP contribution in [0.5, 0.6) is 0 Å². The highest BCUT2D eigenvalue weighted by atomic mass is 79.9. The number of rotatable bonds is 5. The summed E-state index contributed by atoms with van der Waals surface area (Å²) in [6.45, 7) is 6.02. The predicted molar refractivity (Wildman–Crippen MR) is 109 cm³/mol. The molecule has 5 nitrogen and oxygen atoms in total. The van der Waals surface area contributed by atoms with Gasteiger partial charge in [-0.15, -0.1) is 0 Å². The van der Waals surface area contributed by atoms with Crippen LogP contribution >= 0.6 is 15.9 Å². The highest BCUT2D eigenvalue weighted by Crippen LogP contribution is 2.20. The summed E-state index contributed by atoms with van der Waals surface area (Å²) < 4.78 is 7.55. The van der Waals surface area contributed by atoms with E-state index >= 15 is 0 Å². The maximum Gasteiger partial charge on any atom is 0.282 e. The number of halogens is 1. The largest absolute Gasteiger partial charge is 0.465 e. The van der Waals surface area contributed by atoms with E-state index in [9.17, 15) is 4.79 Å². The lowest BCUT2D eigenvalue weighted by atomic mass is 10.1. The van der Waals surface area contributed by atoms with Crippen molar-refractivity contribution in [2.24, 2.45) is 5.10 Å². The summed E-state index contributed by atoms with van der Waals surface area (Å²) in [6, 6.07) is 9.21. The maximum atomic E-state index is 13.0. The van der Waals surface area contributed by atoms with Gasteiger partial charge in [-0.1, -0.05) is 29.8 Å². The van der Waals surface area contributed by atoms with Crippen LogP contribution in [0.4, 0.5) is 0 Å². The summed E-state index contributed by atoms with van der Waals surface area (Å²) >= 11 is 3.41. The van der Waals surface area contributed by atoms with E-state index < -0.39 is 0 Å². The lowest BCUT2D eigenvalue weighted by molar-refractivity contribution is 0.557. The molecule has 0 N–H and O–H groups in total. The van der Waals surface area contributed by atoms with E-state index in [0.717, 1.165) is 22.2 Å². The van der Waals surface area contributed by atoms with Gasteiger partial charge in [0, 0.05) is 10.4 Å². The lowest BCUT2D eigenvalue weighted by Gasteiger charge is -2.13. The molecule has 0 aliphatic carbocycles. The van der Waals surface area contributed by atoms with E-state index in [1.807, 2.05) is 44.2 Å². The van der Waals surface area contributed by atoms with Crippen molar-refractivity contribution in [3.63, 3.8) is 0 Å². The van der Waals surface area contributed by atoms with E-state index in [-0.39, 0.29) is 11.5 Å². The van der Waals surface area contributed by atoms with Gasteiger partial charge in [0.15, 0.2) is 0 Å². The molecule has 0 unspecified atom stereocenters. The van der Waals surface area contributed by atoms with Crippen LogP contribution in [0.3, 0.4) is 0 Å². The molecule has 6 heteroatoms. The van der Waals surface area contributed by atoms with Gasteiger partial charge in [-0.05, 0) is 55.3 Å². The summed E-state index contributed by atoms with van der Waals surface area (Å²) in [7, 11) is 0. The van der Waals surface area contributed by atoms with Gasteiger partial charge in [0.25, 0.3) is 5.56 Å². The van der Waals surface area contributed by atoms with Gasteiger partial charge in [-0.3, -0.25) is 4.79 Å². The Morgan fingerprint density at radius 3 is 2.92 bits per heavy atom. The molecule has 0 aliphatic heterocycles. The van der Waals surface area contributed by atoms with Crippen LogP contribution in [0, 0.1) is 0 Å². The summed E-state index contributed by atoms with van der Waals surface area (Å²) in [5.74, 6) is 1.51.